The summed E-state index contributed by atoms with van der Waals surface area (Å²) in [5, 5.41) is 1.78. The standard InChI is InChI=1S/C33H43N3O6S/c1-43(39,40)29-13-11-25(12-14-29)21-35-20-17-33(31(35)37)15-18-34(19-16-33)22-27-23-36(24-30(27)26-7-3-2-4-8-26)42-32(38)41-28-9-5-6-10-28/h2-4,7-8,11-14,27-28,30H,5-6,9-10,15-24H2,1H3/t27-,30+/m0/s1. The number of ether oxygens (including phenoxy) is 1. The van der Waals surface area contributed by atoms with Gasteiger partial charge in [-0.25, -0.2) is 13.2 Å². The Morgan fingerprint density at radius 1 is 0.930 bits per heavy atom. The Hall–Kier alpha value is -2.95. The van der Waals surface area contributed by atoms with Crippen molar-refractivity contribution in [1.29, 1.82) is 0 Å². The van der Waals surface area contributed by atoms with E-state index in [1.807, 2.05) is 23.1 Å². The highest BCUT2D eigenvalue weighted by Gasteiger charge is 2.48. The lowest BCUT2D eigenvalue weighted by molar-refractivity contribution is -0.139. The largest absolute Gasteiger partial charge is 0.528 e. The highest BCUT2D eigenvalue weighted by Crippen LogP contribution is 2.43. The average Bonchev–Trinajstić information content (AvgIpc) is 3.72. The monoisotopic (exact) mass is 609 g/mol. The van der Waals surface area contributed by atoms with Gasteiger partial charge >= 0.3 is 6.16 Å². The molecule has 0 bridgehead atoms. The fourth-order valence-corrected chi connectivity index (χ4v) is 8.13. The molecule has 0 radical (unpaired) electrons. The zero-order valence-electron chi connectivity index (χ0n) is 25.0. The molecule has 43 heavy (non-hydrogen) atoms. The molecule has 9 nitrogen and oxygen atoms in total. The third kappa shape index (κ3) is 6.91. The molecule has 3 saturated heterocycles. The predicted octanol–water partition coefficient (Wildman–Crippen LogP) is 4.63. The summed E-state index contributed by atoms with van der Waals surface area (Å²) < 4.78 is 29.1. The number of hydrogen-bond acceptors (Lipinski definition) is 8. The van der Waals surface area contributed by atoms with Crippen molar-refractivity contribution in [1.82, 2.24) is 14.9 Å². The molecular weight excluding hydrogens is 566 g/mol. The Labute approximate surface area is 255 Å². The molecule has 232 valence electrons. The minimum atomic E-state index is -3.24. The van der Waals surface area contributed by atoms with Crippen molar-refractivity contribution in [2.45, 2.75) is 68.4 Å². The predicted molar refractivity (Wildman–Crippen MR) is 162 cm³/mol. The maximum absolute atomic E-state index is 13.6. The highest BCUT2D eigenvalue weighted by molar-refractivity contribution is 7.90. The van der Waals surface area contributed by atoms with Crippen LogP contribution >= 0.6 is 0 Å². The molecule has 0 N–H and O–H groups in total. The van der Waals surface area contributed by atoms with Gasteiger partial charge in [0.1, 0.15) is 6.10 Å². The van der Waals surface area contributed by atoms with Crippen LogP contribution in [0.1, 0.15) is 62.0 Å². The highest BCUT2D eigenvalue weighted by atomic mass is 32.2. The van der Waals surface area contributed by atoms with Crippen LogP contribution in [0.15, 0.2) is 59.5 Å². The molecule has 0 unspecified atom stereocenters. The lowest BCUT2D eigenvalue weighted by atomic mass is 9.76. The number of nitrogens with zero attached hydrogens (tertiary/aromatic N) is 3. The number of carbonyl (C=O) groups excluding carboxylic acids is 2. The van der Waals surface area contributed by atoms with Gasteiger partial charge in [-0.2, -0.15) is 0 Å². The van der Waals surface area contributed by atoms with Crippen LogP contribution in [0.5, 0.6) is 0 Å². The van der Waals surface area contributed by atoms with Gasteiger partial charge in [0, 0.05) is 44.9 Å². The summed E-state index contributed by atoms with van der Waals surface area (Å²) in [5.74, 6) is 0.762. The van der Waals surface area contributed by atoms with Gasteiger partial charge in [-0.05, 0) is 87.2 Å². The van der Waals surface area contributed by atoms with Gasteiger partial charge in [-0.3, -0.25) is 4.79 Å². The third-order valence-electron chi connectivity index (χ3n) is 10.0. The van der Waals surface area contributed by atoms with Gasteiger partial charge in [0.2, 0.25) is 5.91 Å². The molecule has 3 aliphatic heterocycles. The molecule has 1 saturated carbocycles. The Kier molecular flexibility index (Phi) is 8.80. The number of carbonyl (C=O) groups is 2. The number of piperidine rings is 1. The molecule has 10 heteroatoms. The summed E-state index contributed by atoms with van der Waals surface area (Å²) >= 11 is 0. The Balaban J connectivity index is 1.04. The van der Waals surface area contributed by atoms with Crippen molar-refractivity contribution in [3.8, 4) is 0 Å². The number of hydroxylamine groups is 2. The van der Waals surface area contributed by atoms with Gasteiger partial charge < -0.3 is 19.4 Å². The molecule has 1 spiro atoms. The molecule has 2 aromatic rings. The first kappa shape index (κ1) is 30.1. The van der Waals surface area contributed by atoms with E-state index < -0.39 is 16.0 Å². The van der Waals surface area contributed by atoms with E-state index in [4.69, 9.17) is 9.57 Å². The summed E-state index contributed by atoms with van der Waals surface area (Å²) in [6, 6.07) is 17.3. The van der Waals surface area contributed by atoms with E-state index in [0.29, 0.717) is 30.4 Å². The lowest BCUT2D eigenvalue weighted by Gasteiger charge is -2.39. The zero-order chi connectivity index (χ0) is 30.0. The molecule has 2 atom stereocenters. The number of rotatable bonds is 8. The lowest BCUT2D eigenvalue weighted by Crippen LogP contribution is -2.46. The van der Waals surface area contributed by atoms with Crippen molar-refractivity contribution in [2.75, 3.05) is 45.5 Å². The molecular formula is C33H43N3O6S. The van der Waals surface area contributed by atoms with Gasteiger partial charge in [-0.15, -0.1) is 5.06 Å². The van der Waals surface area contributed by atoms with E-state index >= 15 is 0 Å². The number of benzene rings is 2. The summed E-state index contributed by atoms with van der Waals surface area (Å²) in [4.78, 5) is 36.5. The van der Waals surface area contributed by atoms with Crippen molar-refractivity contribution in [3.05, 3.63) is 65.7 Å². The van der Waals surface area contributed by atoms with Gasteiger partial charge in [0.25, 0.3) is 0 Å². The van der Waals surface area contributed by atoms with Gasteiger partial charge in [0.05, 0.1) is 10.3 Å². The van der Waals surface area contributed by atoms with E-state index in [0.717, 1.165) is 76.7 Å². The Morgan fingerprint density at radius 2 is 1.60 bits per heavy atom. The Morgan fingerprint density at radius 3 is 2.28 bits per heavy atom. The number of likely N-dealkylation sites (tertiary alicyclic amines) is 2. The molecule has 3 heterocycles. The second-order valence-electron chi connectivity index (χ2n) is 13.0. The minimum Gasteiger partial charge on any atom is -0.430 e. The van der Waals surface area contributed by atoms with Crippen LogP contribution in [0.2, 0.25) is 0 Å². The van der Waals surface area contributed by atoms with Crippen molar-refractivity contribution >= 4 is 21.9 Å². The first-order chi connectivity index (χ1) is 20.7. The van der Waals surface area contributed by atoms with E-state index in [1.165, 1.54) is 11.8 Å². The van der Waals surface area contributed by atoms with E-state index in [2.05, 4.69) is 29.2 Å². The normalized spacial score (nSPS) is 25.0. The van der Waals surface area contributed by atoms with Gasteiger partial charge in [0.15, 0.2) is 9.84 Å². The second-order valence-corrected chi connectivity index (χ2v) is 15.0. The van der Waals surface area contributed by atoms with Crippen LogP contribution < -0.4 is 0 Å². The molecule has 4 aliphatic rings. The number of sulfone groups is 1. The fraction of sp³-hybridized carbons (Fsp3) is 0.576. The maximum atomic E-state index is 13.6. The van der Waals surface area contributed by atoms with Crippen LogP contribution in [-0.4, -0.2) is 87.0 Å². The molecule has 1 aliphatic carbocycles. The van der Waals surface area contributed by atoms with Crippen LogP contribution in [0.4, 0.5) is 4.79 Å². The molecule has 1 amide bonds. The topological polar surface area (TPSA) is 96.5 Å². The number of amides is 1. The fourth-order valence-electron chi connectivity index (χ4n) is 7.50. The molecule has 2 aromatic carbocycles. The third-order valence-corrected chi connectivity index (χ3v) is 11.2. The first-order valence-corrected chi connectivity index (χ1v) is 17.6. The summed E-state index contributed by atoms with van der Waals surface area (Å²) in [5.41, 5.74) is 1.89. The summed E-state index contributed by atoms with van der Waals surface area (Å²) in [6.45, 7) is 5.16. The van der Waals surface area contributed by atoms with Crippen molar-refractivity contribution < 1.29 is 27.6 Å². The average molecular weight is 610 g/mol. The number of hydrogen-bond donors (Lipinski definition) is 0. The van der Waals surface area contributed by atoms with E-state index in [1.54, 1.807) is 17.2 Å². The smallest absolute Gasteiger partial charge is 0.430 e. The van der Waals surface area contributed by atoms with Crippen LogP contribution in [0, 0.1) is 11.3 Å². The summed E-state index contributed by atoms with van der Waals surface area (Å²) in [7, 11) is -3.24. The van der Waals surface area contributed by atoms with E-state index in [9.17, 15) is 18.0 Å². The van der Waals surface area contributed by atoms with Crippen LogP contribution in [-0.2, 0) is 30.8 Å². The first-order valence-electron chi connectivity index (χ1n) is 15.7. The van der Waals surface area contributed by atoms with Crippen molar-refractivity contribution in [2.24, 2.45) is 11.3 Å². The van der Waals surface area contributed by atoms with Crippen LogP contribution in [0.25, 0.3) is 0 Å². The molecule has 0 aromatic heterocycles. The maximum Gasteiger partial charge on any atom is 0.528 e. The molecule has 6 rings (SSSR count). The van der Waals surface area contributed by atoms with Crippen molar-refractivity contribution in [3.63, 3.8) is 0 Å². The zero-order valence-corrected chi connectivity index (χ0v) is 25.8. The quantitative estimate of drug-likeness (QED) is 0.400. The SMILES string of the molecule is CS(=O)(=O)c1ccc(CN2CCC3(CCN(C[C@H]4CN(OC(=O)OC5CCCC5)C[C@@H]4c4ccccc4)CC3)C2=O)cc1. The second kappa shape index (κ2) is 12.6. The Bertz CT molecular complexity index is 1390. The van der Waals surface area contributed by atoms with Crippen LogP contribution in [0.3, 0.4) is 0 Å². The summed E-state index contributed by atoms with van der Waals surface area (Å²) in [6.07, 6.45) is 7.16. The molecule has 4 fully saturated rings. The van der Waals surface area contributed by atoms with E-state index in [-0.39, 0.29) is 23.3 Å². The minimum absolute atomic E-state index is 0.0221. The van der Waals surface area contributed by atoms with Gasteiger partial charge in [-0.1, -0.05) is 42.5 Å².